The van der Waals surface area contributed by atoms with E-state index in [4.69, 9.17) is 25.9 Å². The minimum absolute atomic E-state index is 0.209. The van der Waals surface area contributed by atoms with Crippen molar-refractivity contribution in [3.05, 3.63) is 51.9 Å². The molecular formula is C20H24ClN5O3. The highest BCUT2D eigenvalue weighted by Gasteiger charge is 2.17. The van der Waals surface area contributed by atoms with Crippen LogP contribution in [-0.4, -0.2) is 32.9 Å². The molecule has 0 aliphatic carbocycles. The smallest absolute Gasteiger partial charge is 0.227 e. The van der Waals surface area contributed by atoms with Gasteiger partial charge in [-0.15, -0.1) is 0 Å². The van der Waals surface area contributed by atoms with Crippen LogP contribution in [0.1, 0.15) is 29.6 Å². The molecule has 0 spiro atoms. The average Bonchev–Trinajstić information content (AvgIpc) is 3.14. The number of benzene rings is 1. The Labute approximate surface area is 174 Å². The predicted molar refractivity (Wildman–Crippen MR) is 111 cm³/mol. The van der Waals surface area contributed by atoms with E-state index in [0.717, 1.165) is 23.5 Å². The third-order valence-corrected chi connectivity index (χ3v) is 4.89. The van der Waals surface area contributed by atoms with E-state index in [2.05, 4.69) is 15.4 Å². The maximum absolute atomic E-state index is 6.34. The molecule has 0 bridgehead atoms. The van der Waals surface area contributed by atoms with Gasteiger partial charge in [-0.05, 0) is 25.5 Å². The fourth-order valence-electron chi connectivity index (χ4n) is 2.90. The number of nitrogens with zero attached hydrogens (tertiary/aromatic N) is 5. The molecule has 0 atom stereocenters. The Morgan fingerprint density at radius 2 is 1.86 bits per heavy atom. The SMILES string of the molecule is CCc1nn(C)c(CO/N=C/c2c(C)nn(C)c2Oc2ccccc2OC)c1Cl. The molecule has 0 radical (unpaired) electrons. The molecule has 3 rings (SSSR count). The summed E-state index contributed by atoms with van der Waals surface area (Å²) in [6, 6.07) is 7.41. The van der Waals surface area contributed by atoms with Gasteiger partial charge in [0.1, 0.15) is 0 Å². The highest BCUT2D eigenvalue weighted by atomic mass is 35.5. The van der Waals surface area contributed by atoms with Gasteiger partial charge in [0.2, 0.25) is 5.88 Å². The lowest BCUT2D eigenvalue weighted by atomic mass is 10.2. The van der Waals surface area contributed by atoms with Crippen molar-refractivity contribution in [3.63, 3.8) is 0 Å². The summed E-state index contributed by atoms with van der Waals surface area (Å²) in [5, 5.41) is 13.5. The van der Waals surface area contributed by atoms with E-state index >= 15 is 0 Å². The van der Waals surface area contributed by atoms with Gasteiger partial charge in [0.15, 0.2) is 18.1 Å². The third kappa shape index (κ3) is 4.37. The number of oxime groups is 1. The van der Waals surface area contributed by atoms with Crippen LogP contribution in [0.15, 0.2) is 29.4 Å². The molecule has 3 aromatic rings. The van der Waals surface area contributed by atoms with Crippen LogP contribution in [0.2, 0.25) is 5.02 Å². The number of ether oxygens (including phenoxy) is 2. The second-order valence-electron chi connectivity index (χ2n) is 6.37. The summed E-state index contributed by atoms with van der Waals surface area (Å²) in [7, 11) is 5.23. The van der Waals surface area contributed by atoms with Crippen LogP contribution in [0.3, 0.4) is 0 Å². The van der Waals surface area contributed by atoms with Crippen LogP contribution < -0.4 is 9.47 Å². The largest absolute Gasteiger partial charge is 0.493 e. The highest BCUT2D eigenvalue weighted by Crippen LogP contribution is 2.33. The van der Waals surface area contributed by atoms with Crippen LogP contribution in [-0.2, 0) is 32.0 Å². The average molecular weight is 418 g/mol. The number of methoxy groups -OCH3 is 1. The van der Waals surface area contributed by atoms with E-state index in [9.17, 15) is 0 Å². The van der Waals surface area contributed by atoms with Crippen molar-refractivity contribution >= 4 is 17.8 Å². The van der Waals surface area contributed by atoms with E-state index < -0.39 is 0 Å². The lowest BCUT2D eigenvalue weighted by molar-refractivity contribution is 0.126. The van der Waals surface area contributed by atoms with Gasteiger partial charge in [-0.25, -0.2) is 4.68 Å². The summed E-state index contributed by atoms with van der Waals surface area (Å²) < 4.78 is 14.8. The Morgan fingerprint density at radius 1 is 1.14 bits per heavy atom. The van der Waals surface area contributed by atoms with Crippen molar-refractivity contribution in [1.82, 2.24) is 19.6 Å². The predicted octanol–water partition coefficient (Wildman–Crippen LogP) is 4.03. The molecule has 8 nitrogen and oxygen atoms in total. The van der Waals surface area contributed by atoms with Crippen molar-refractivity contribution in [1.29, 1.82) is 0 Å². The fourth-order valence-corrected chi connectivity index (χ4v) is 3.24. The van der Waals surface area contributed by atoms with E-state index in [1.165, 1.54) is 0 Å². The number of hydrogen-bond acceptors (Lipinski definition) is 6. The van der Waals surface area contributed by atoms with Crippen LogP contribution in [0.5, 0.6) is 17.4 Å². The fraction of sp³-hybridized carbons (Fsp3) is 0.350. The van der Waals surface area contributed by atoms with Gasteiger partial charge in [0.25, 0.3) is 0 Å². The standard InChI is InChI=1S/C20H24ClN5O3/c1-6-15-19(21)16(25(3)24-15)12-28-22-11-14-13(2)23-26(4)20(14)29-18-10-8-7-9-17(18)27-5/h7-11H,6,12H2,1-5H3/b22-11+. The van der Waals surface area contributed by atoms with E-state index in [0.29, 0.717) is 28.0 Å². The normalized spacial score (nSPS) is 11.2. The molecule has 9 heteroatoms. The monoisotopic (exact) mass is 417 g/mol. The maximum Gasteiger partial charge on any atom is 0.227 e. The van der Waals surface area contributed by atoms with Crippen molar-refractivity contribution in [2.75, 3.05) is 7.11 Å². The lowest BCUT2D eigenvalue weighted by Gasteiger charge is -2.10. The first-order chi connectivity index (χ1) is 14.0. The zero-order chi connectivity index (χ0) is 21.0. The summed E-state index contributed by atoms with van der Waals surface area (Å²) >= 11 is 6.34. The van der Waals surface area contributed by atoms with Crippen molar-refractivity contribution in [2.24, 2.45) is 19.3 Å². The molecule has 0 saturated carbocycles. The van der Waals surface area contributed by atoms with Gasteiger partial charge in [-0.3, -0.25) is 4.68 Å². The summed E-state index contributed by atoms with van der Waals surface area (Å²) in [6.07, 6.45) is 2.34. The second-order valence-corrected chi connectivity index (χ2v) is 6.75. The molecule has 0 aliphatic rings. The van der Waals surface area contributed by atoms with Gasteiger partial charge >= 0.3 is 0 Å². The summed E-state index contributed by atoms with van der Waals surface area (Å²) in [4.78, 5) is 5.46. The minimum atomic E-state index is 0.209. The number of aromatic nitrogens is 4. The molecule has 29 heavy (non-hydrogen) atoms. The van der Waals surface area contributed by atoms with Gasteiger partial charge in [0, 0.05) is 14.1 Å². The highest BCUT2D eigenvalue weighted by molar-refractivity contribution is 6.31. The van der Waals surface area contributed by atoms with Gasteiger partial charge in [-0.2, -0.15) is 10.2 Å². The maximum atomic E-state index is 6.34. The van der Waals surface area contributed by atoms with Crippen molar-refractivity contribution < 1.29 is 14.3 Å². The number of rotatable bonds is 8. The Hall–Kier alpha value is -3.00. The Balaban J connectivity index is 1.77. The molecule has 0 amide bonds. The van der Waals surface area contributed by atoms with Crippen molar-refractivity contribution in [2.45, 2.75) is 26.9 Å². The lowest BCUT2D eigenvalue weighted by Crippen LogP contribution is -2.00. The number of aryl methyl sites for hydroxylation is 4. The Bertz CT molecular complexity index is 1030. The molecule has 1 aromatic carbocycles. The Morgan fingerprint density at radius 3 is 2.52 bits per heavy atom. The molecule has 0 saturated heterocycles. The first-order valence-corrected chi connectivity index (χ1v) is 9.54. The summed E-state index contributed by atoms with van der Waals surface area (Å²) in [6.45, 7) is 4.09. The number of hydrogen-bond donors (Lipinski definition) is 0. The van der Waals surface area contributed by atoms with Gasteiger partial charge in [0.05, 0.1) is 41.0 Å². The van der Waals surface area contributed by atoms with Crippen LogP contribution in [0.4, 0.5) is 0 Å². The van der Waals surface area contributed by atoms with E-state index in [-0.39, 0.29) is 6.61 Å². The van der Waals surface area contributed by atoms with E-state index in [1.807, 2.05) is 45.2 Å². The zero-order valence-electron chi connectivity index (χ0n) is 17.1. The molecule has 0 N–H and O–H groups in total. The molecule has 0 unspecified atom stereocenters. The zero-order valence-corrected chi connectivity index (χ0v) is 17.9. The Kier molecular flexibility index (Phi) is 6.43. The van der Waals surface area contributed by atoms with Crippen LogP contribution >= 0.6 is 11.6 Å². The second kappa shape index (κ2) is 9.00. The topological polar surface area (TPSA) is 75.7 Å². The number of halogens is 1. The van der Waals surface area contributed by atoms with Crippen LogP contribution in [0.25, 0.3) is 0 Å². The van der Waals surface area contributed by atoms with Crippen molar-refractivity contribution in [3.8, 4) is 17.4 Å². The molecule has 0 aliphatic heterocycles. The first-order valence-electron chi connectivity index (χ1n) is 9.16. The molecule has 2 heterocycles. The summed E-state index contributed by atoms with van der Waals surface area (Å²) in [5.41, 5.74) is 3.08. The van der Waals surface area contributed by atoms with E-state index in [1.54, 1.807) is 29.7 Å². The third-order valence-electron chi connectivity index (χ3n) is 4.45. The van der Waals surface area contributed by atoms with Gasteiger partial charge in [-0.1, -0.05) is 35.8 Å². The molecule has 0 fully saturated rings. The van der Waals surface area contributed by atoms with Gasteiger partial charge < -0.3 is 14.3 Å². The minimum Gasteiger partial charge on any atom is -0.493 e. The quantitative estimate of drug-likeness (QED) is 0.408. The molecule has 154 valence electrons. The number of para-hydroxylation sites is 2. The summed E-state index contributed by atoms with van der Waals surface area (Å²) in [5.74, 6) is 1.75. The first kappa shape index (κ1) is 20.7. The molecular weight excluding hydrogens is 394 g/mol. The van der Waals surface area contributed by atoms with Crippen LogP contribution in [0, 0.1) is 6.92 Å². The molecule has 2 aromatic heterocycles.